The quantitative estimate of drug-likeness (QED) is 0.896. The van der Waals surface area contributed by atoms with E-state index in [0.29, 0.717) is 18.8 Å². The Morgan fingerprint density at radius 2 is 2.32 bits per heavy atom. The summed E-state index contributed by atoms with van der Waals surface area (Å²) in [7, 11) is 1.80. The number of aromatic nitrogens is 2. The van der Waals surface area contributed by atoms with Crippen LogP contribution in [0.5, 0.6) is 0 Å². The number of carbonyl (C=O) groups excluding carboxylic acids is 1. The maximum Gasteiger partial charge on any atom is 0.271 e. The van der Waals surface area contributed by atoms with E-state index in [-0.39, 0.29) is 17.9 Å². The van der Waals surface area contributed by atoms with Crippen LogP contribution in [0.1, 0.15) is 42.4 Å². The third-order valence-corrected chi connectivity index (χ3v) is 3.89. The van der Waals surface area contributed by atoms with Crippen molar-refractivity contribution in [2.75, 3.05) is 13.6 Å². The van der Waals surface area contributed by atoms with Gasteiger partial charge < -0.3 is 10.0 Å². The molecular weight excluding hydrogens is 242 g/mol. The van der Waals surface area contributed by atoms with Crippen molar-refractivity contribution in [1.29, 1.82) is 0 Å². The molecule has 1 saturated carbocycles. The molecule has 1 fully saturated rings. The van der Waals surface area contributed by atoms with Crippen LogP contribution in [0.2, 0.25) is 0 Å². The molecule has 1 heterocycles. The minimum Gasteiger partial charge on any atom is -0.393 e. The smallest absolute Gasteiger partial charge is 0.271 e. The summed E-state index contributed by atoms with van der Waals surface area (Å²) in [6.07, 6.45) is 2.66. The highest BCUT2D eigenvalue weighted by Gasteiger charge is 2.28. The lowest BCUT2D eigenvalue weighted by Gasteiger charge is -2.23. The number of rotatable bonds is 4. The zero-order valence-electron chi connectivity index (χ0n) is 12.0. The van der Waals surface area contributed by atoms with Crippen LogP contribution in [-0.4, -0.2) is 45.4 Å². The molecule has 0 aromatic carbocycles. The number of aryl methyl sites for hydroxylation is 2. The normalized spacial score (nSPS) is 22.7. The zero-order valence-corrected chi connectivity index (χ0v) is 12.0. The Bertz CT molecular complexity index is 456. The van der Waals surface area contributed by atoms with Crippen molar-refractivity contribution in [3.63, 3.8) is 0 Å². The third-order valence-electron chi connectivity index (χ3n) is 3.89. The first-order valence-electron chi connectivity index (χ1n) is 7.01. The van der Waals surface area contributed by atoms with Gasteiger partial charge in [-0.15, -0.1) is 0 Å². The van der Waals surface area contributed by atoms with E-state index in [1.807, 2.05) is 19.9 Å². The molecule has 1 amide bonds. The number of nitrogens with zero attached hydrogens (tertiary/aromatic N) is 3. The Morgan fingerprint density at radius 3 is 2.89 bits per heavy atom. The molecule has 1 N–H and O–H groups in total. The van der Waals surface area contributed by atoms with Gasteiger partial charge in [0.05, 0.1) is 11.8 Å². The molecular formula is C14H23N3O2. The number of aliphatic hydroxyl groups excluding tert-OH is 1. The van der Waals surface area contributed by atoms with Gasteiger partial charge in [-0.1, -0.05) is 6.42 Å². The summed E-state index contributed by atoms with van der Waals surface area (Å²) in [5, 5.41) is 14.1. The predicted octanol–water partition coefficient (Wildman–Crippen LogP) is 1.44. The zero-order chi connectivity index (χ0) is 14.0. The average Bonchev–Trinajstić information content (AvgIpc) is 2.95. The lowest BCUT2D eigenvalue weighted by Crippen LogP contribution is -2.35. The van der Waals surface area contributed by atoms with E-state index in [1.54, 1.807) is 16.6 Å². The van der Waals surface area contributed by atoms with Crippen LogP contribution in [0.4, 0.5) is 0 Å². The third kappa shape index (κ3) is 2.97. The molecule has 2 atom stereocenters. The van der Waals surface area contributed by atoms with Crippen molar-refractivity contribution in [3.8, 4) is 0 Å². The molecule has 5 nitrogen and oxygen atoms in total. The van der Waals surface area contributed by atoms with Crippen LogP contribution < -0.4 is 0 Å². The molecule has 1 aromatic heterocycles. The van der Waals surface area contributed by atoms with Crippen molar-refractivity contribution in [2.24, 2.45) is 5.92 Å². The van der Waals surface area contributed by atoms with Gasteiger partial charge in [0, 0.05) is 26.1 Å². The van der Waals surface area contributed by atoms with Crippen molar-refractivity contribution in [1.82, 2.24) is 14.7 Å². The first kappa shape index (κ1) is 14.1. The van der Waals surface area contributed by atoms with E-state index in [4.69, 9.17) is 0 Å². The summed E-state index contributed by atoms with van der Waals surface area (Å²) in [5.41, 5.74) is 1.49. The Labute approximate surface area is 114 Å². The molecule has 0 radical (unpaired) electrons. The van der Waals surface area contributed by atoms with E-state index in [0.717, 1.165) is 25.0 Å². The Hall–Kier alpha value is -1.36. The molecule has 0 bridgehead atoms. The molecule has 5 heteroatoms. The van der Waals surface area contributed by atoms with Gasteiger partial charge in [-0.2, -0.15) is 5.10 Å². The monoisotopic (exact) mass is 265 g/mol. The van der Waals surface area contributed by atoms with Crippen molar-refractivity contribution < 1.29 is 9.90 Å². The Kier molecular flexibility index (Phi) is 4.24. The van der Waals surface area contributed by atoms with Crippen LogP contribution in [0.25, 0.3) is 0 Å². The van der Waals surface area contributed by atoms with Gasteiger partial charge in [-0.25, -0.2) is 0 Å². The summed E-state index contributed by atoms with van der Waals surface area (Å²) in [6.45, 7) is 5.18. The van der Waals surface area contributed by atoms with E-state index < -0.39 is 0 Å². The average molecular weight is 265 g/mol. The van der Waals surface area contributed by atoms with Gasteiger partial charge >= 0.3 is 0 Å². The van der Waals surface area contributed by atoms with E-state index in [2.05, 4.69) is 5.10 Å². The summed E-state index contributed by atoms with van der Waals surface area (Å²) >= 11 is 0. The number of carbonyl (C=O) groups is 1. The van der Waals surface area contributed by atoms with E-state index in [1.165, 1.54) is 0 Å². The number of amides is 1. The number of hydrogen-bond acceptors (Lipinski definition) is 3. The second-order valence-electron chi connectivity index (χ2n) is 5.43. The molecule has 0 aliphatic heterocycles. The molecule has 2 unspecified atom stereocenters. The van der Waals surface area contributed by atoms with E-state index in [9.17, 15) is 9.90 Å². The first-order valence-corrected chi connectivity index (χ1v) is 7.01. The lowest BCUT2D eigenvalue weighted by atomic mass is 10.1. The highest BCUT2D eigenvalue weighted by atomic mass is 16.3. The standard InChI is InChI=1S/C14H23N3O2/c1-4-17-12(8-10(2)15-17)14(19)16(3)9-11-6-5-7-13(11)18/h8,11,13,18H,4-7,9H2,1-3H3. The number of aliphatic hydroxyl groups is 1. The summed E-state index contributed by atoms with van der Waals surface area (Å²) in [4.78, 5) is 14.1. The molecule has 1 aliphatic rings. The molecule has 19 heavy (non-hydrogen) atoms. The number of hydrogen-bond donors (Lipinski definition) is 1. The van der Waals surface area contributed by atoms with Crippen molar-refractivity contribution in [2.45, 2.75) is 45.8 Å². The second-order valence-corrected chi connectivity index (χ2v) is 5.43. The van der Waals surface area contributed by atoms with Gasteiger partial charge in [0.25, 0.3) is 5.91 Å². The molecule has 0 spiro atoms. The fourth-order valence-electron chi connectivity index (χ4n) is 2.82. The van der Waals surface area contributed by atoms with Crippen LogP contribution in [0.15, 0.2) is 6.07 Å². The Balaban J connectivity index is 2.05. The first-order chi connectivity index (χ1) is 9.02. The van der Waals surface area contributed by atoms with Crippen LogP contribution in [0.3, 0.4) is 0 Å². The molecule has 1 aromatic rings. The van der Waals surface area contributed by atoms with Crippen LogP contribution >= 0.6 is 0 Å². The fourth-order valence-corrected chi connectivity index (χ4v) is 2.82. The highest BCUT2D eigenvalue weighted by molar-refractivity contribution is 5.92. The van der Waals surface area contributed by atoms with Gasteiger partial charge in [-0.3, -0.25) is 9.48 Å². The summed E-state index contributed by atoms with van der Waals surface area (Å²) < 4.78 is 1.74. The maximum absolute atomic E-state index is 12.4. The van der Waals surface area contributed by atoms with Gasteiger partial charge in [0.15, 0.2) is 0 Å². The fraction of sp³-hybridized carbons (Fsp3) is 0.714. The van der Waals surface area contributed by atoms with Crippen LogP contribution in [-0.2, 0) is 6.54 Å². The molecule has 0 saturated heterocycles. The SMILES string of the molecule is CCn1nc(C)cc1C(=O)N(C)CC1CCCC1O. The van der Waals surface area contributed by atoms with Crippen LogP contribution in [0, 0.1) is 12.8 Å². The minimum atomic E-state index is -0.256. The lowest BCUT2D eigenvalue weighted by molar-refractivity contribution is 0.0682. The van der Waals surface area contributed by atoms with Crippen molar-refractivity contribution >= 4 is 5.91 Å². The summed E-state index contributed by atoms with van der Waals surface area (Å²) in [5.74, 6) is 0.203. The molecule has 106 valence electrons. The molecule has 2 rings (SSSR count). The second kappa shape index (κ2) is 5.74. The topological polar surface area (TPSA) is 58.4 Å². The van der Waals surface area contributed by atoms with Crippen molar-refractivity contribution in [3.05, 3.63) is 17.5 Å². The van der Waals surface area contributed by atoms with Gasteiger partial charge in [-0.05, 0) is 32.8 Å². The Morgan fingerprint density at radius 1 is 1.58 bits per heavy atom. The van der Waals surface area contributed by atoms with Gasteiger partial charge in [0.2, 0.25) is 0 Å². The maximum atomic E-state index is 12.4. The summed E-state index contributed by atoms with van der Waals surface area (Å²) in [6, 6.07) is 1.83. The predicted molar refractivity (Wildman–Crippen MR) is 72.9 cm³/mol. The van der Waals surface area contributed by atoms with E-state index >= 15 is 0 Å². The van der Waals surface area contributed by atoms with Gasteiger partial charge in [0.1, 0.15) is 5.69 Å². The largest absolute Gasteiger partial charge is 0.393 e. The highest BCUT2D eigenvalue weighted by Crippen LogP contribution is 2.26. The minimum absolute atomic E-state index is 0.0125. The molecule has 1 aliphatic carbocycles.